The van der Waals surface area contributed by atoms with E-state index in [-0.39, 0.29) is 0 Å². The summed E-state index contributed by atoms with van der Waals surface area (Å²) in [5.74, 6) is 0.736. The minimum atomic E-state index is 0.736. The molecule has 0 aromatic carbocycles. The van der Waals surface area contributed by atoms with Gasteiger partial charge >= 0.3 is 0 Å². The van der Waals surface area contributed by atoms with Gasteiger partial charge in [0.25, 0.3) is 0 Å². The molecule has 0 atom stereocenters. The molecule has 0 fully saturated rings. The zero-order valence-corrected chi connectivity index (χ0v) is 19.6. The van der Waals surface area contributed by atoms with Gasteiger partial charge in [0.15, 0.2) is 5.82 Å². The van der Waals surface area contributed by atoms with Crippen molar-refractivity contribution in [1.82, 2.24) is 9.78 Å². The fourth-order valence-electron chi connectivity index (χ4n) is 3.29. The van der Waals surface area contributed by atoms with E-state index in [9.17, 15) is 0 Å². The molecule has 0 aliphatic rings. The molecule has 0 radical (unpaired) electrons. The average Bonchev–Trinajstić information content (AvgIpc) is 3.07. The molecule has 0 spiro atoms. The number of aromatic nitrogens is 2. The van der Waals surface area contributed by atoms with Gasteiger partial charge in [-0.1, -0.05) is 67.2 Å². The first-order valence-electron chi connectivity index (χ1n) is 10.6. The Kier molecular flexibility index (Phi) is 11.1. The Bertz CT molecular complexity index is 912. The second kappa shape index (κ2) is 13.3. The lowest BCUT2D eigenvalue weighted by atomic mass is 10.0. The van der Waals surface area contributed by atoms with E-state index in [2.05, 4.69) is 75.6 Å². The van der Waals surface area contributed by atoms with Crippen molar-refractivity contribution < 1.29 is 0 Å². The van der Waals surface area contributed by atoms with E-state index in [1.165, 1.54) is 11.1 Å². The number of rotatable bonds is 11. The molecule has 1 aromatic rings. The third-order valence-corrected chi connectivity index (χ3v) is 4.51. The Morgan fingerprint density at radius 3 is 2.50 bits per heavy atom. The van der Waals surface area contributed by atoms with Crippen LogP contribution >= 0.6 is 0 Å². The SMILES string of the molecule is C=Nc1cc(C(=C\C)/C(C)=C\C(=C)C)nn1/C=C(/C/C=C\C=C/C)C/C(C)=C/CC. The summed E-state index contributed by atoms with van der Waals surface area (Å²) in [4.78, 5) is 4.20. The van der Waals surface area contributed by atoms with Gasteiger partial charge in [-0.05, 0) is 71.7 Å². The van der Waals surface area contributed by atoms with E-state index >= 15 is 0 Å². The number of hydrogen-bond acceptors (Lipinski definition) is 2. The summed E-state index contributed by atoms with van der Waals surface area (Å²) < 4.78 is 1.85. The topological polar surface area (TPSA) is 30.2 Å². The smallest absolute Gasteiger partial charge is 0.154 e. The Morgan fingerprint density at radius 1 is 1.20 bits per heavy atom. The molecule has 3 nitrogen and oxygen atoms in total. The van der Waals surface area contributed by atoms with Crippen molar-refractivity contribution in [3.8, 4) is 0 Å². The zero-order chi connectivity index (χ0) is 22.5. The number of nitrogens with zero attached hydrogens (tertiary/aromatic N) is 3. The lowest BCUT2D eigenvalue weighted by molar-refractivity contribution is 0.902. The average molecular weight is 404 g/mol. The van der Waals surface area contributed by atoms with Gasteiger partial charge < -0.3 is 0 Å². The van der Waals surface area contributed by atoms with E-state index in [1.54, 1.807) is 0 Å². The third kappa shape index (κ3) is 8.20. The van der Waals surface area contributed by atoms with Gasteiger partial charge in [0, 0.05) is 17.8 Å². The van der Waals surface area contributed by atoms with Crippen LogP contribution < -0.4 is 0 Å². The van der Waals surface area contributed by atoms with Crippen LogP contribution in [0.4, 0.5) is 5.82 Å². The molecule has 0 N–H and O–H groups in total. The standard InChI is InChI=1S/C27H37N3/c1-9-12-13-14-16-24(18-22(6)15-10-2)20-30-27(28-8)19-26(29-30)25(11-3)23(7)17-21(4)5/h9,11-15,17,19-20H,4,8,10,16,18H2,1-3,5-7H3/b12-9-,14-13-,22-15+,23-17-,24-20-,25-11-. The van der Waals surface area contributed by atoms with Crippen molar-refractivity contribution in [3.05, 3.63) is 83.2 Å². The largest absolute Gasteiger partial charge is 0.245 e. The first-order chi connectivity index (χ1) is 14.4. The summed E-state index contributed by atoms with van der Waals surface area (Å²) >= 11 is 0. The van der Waals surface area contributed by atoms with Gasteiger partial charge in [-0.2, -0.15) is 5.10 Å². The lowest BCUT2D eigenvalue weighted by Crippen LogP contribution is -1.96. The van der Waals surface area contributed by atoms with Crippen LogP contribution in [0.25, 0.3) is 11.8 Å². The predicted octanol–water partition coefficient (Wildman–Crippen LogP) is 8.25. The van der Waals surface area contributed by atoms with Gasteiger partial charge in [-0.25, -0.2) is 9.67 Å². The maximum absolute atomic E-state index is 4.83. The highest BCUT2D eigenvalue weighted by molar-refractivity contribution is 5.78. The summed E-state index contributed by atoms with van der Waals surface area (Å²) in [5.41, 5.74) is 6.74. The first kappa shape index (κ1) is 25.1. The molecule has 0 saturated heterocycles. The molecule has 0 aliphatic heterocycles. The monoisotopic (exact) mass is 403 g/mol. The maximum atomic E-state index is 4.83. The third-order valence-electron chi connectivity index (χ3n) is 4.51. The summed E-state index contributed by atoms with van der Waals surface area (Å²) in [6.07, 6.45) is 19.6. The molecule has 0 aliphatic carbocycles. The van der Waals surface area contributed by atoms with Crippen molar-refractivity contribution in [3.63, 3.8) is 0 Å². The molecule has 0 unspecified atom stereocenters. The Hall–Kier alpha value is -2.94. The second-order valence-corrected chi connectivity index (χ2v) is 7.45. The van der Waals surface area contributed by atoms with E-state index in [1.807, 2.05) is 43.7 Å². The van der Waals surface area contributed by atoms with Gasteiger partial charge in [0.2, 0.25) is 0 Å². The van der Waals surface area contributed by atoms with Crippen LogP contribution in [0.5, 0.6) is 0 Å². The fourth-order valence-corrected chi connectivity index (χ4v) is 3.29. The van der Waals surface area contributed by atoms with Gasteiger partial charge in [-0.3, -0.25) is 0 Å². The highest BCUT2D eigenvalue weighted by atomic mass is 15.3. The normalized spacial score (nSPS) is 14.2. The summed E-state index contributed by atoms with van der Waals surface area (Å²) in [6.45, 7) is 20.2. The molecule has 0 bridgehead atoms. The van der Waals surface area contributed by atoms with E-state index < -0.39 is 0 Å². The second-order valence-electron chi connectivity index (χ2n) is 7.45. The van der Waals surface area contributed by atoms with Crippen molar-refractivity contribution in [2.45, 2.75) is 60.8 Å². The van der Waals surface area contributed by atoms with Crippen molar-refractivity contribution >= 4 is 24.3 Å². The predicted molar refractivity (Wildman–Crippen MR) is 135 cm³/mol. The van der Waals surface area contributed by atoms with E-state index in [4.69, 9.17) is 5.10 Å². The van der Waals surface area contributed by atoms with Crippen molar-refractivity contribution in [2.75, 3.05) is 0 Å². The Labute approximate surface area is 183 Å². The van der Waals surface area contributed by atoms with E-state index in [0.717, 1.165) is 47.5 Å². The molecule has 1 aromatic heterocycles. The van der Waals surface area contributed by atoms with Crippen molar-refractivity contribution in [1.29, 1.82) is 0 Å². The van der Waals surface area contributed by atoms with E-state index in [0.29, 0.717) is 0 Å². The molecule has 30 heavy (non-hydrogen) atoms. The highest BCUT2D eigenvalue weighted by Crippen LogP contribution is 2.27. The highest BCUT2D eigenvalue weighted by Gasteiger charge is 2.11. The molecule has 160 valence electrons. The van der Waals surface area contributed by atoms with Crippen LogP contribution in [0.15, 0.2) is 82.5 Å². The Balaban J connectivity index is 3.39. The quantitative estimate of drug-likeness (QED) is 0.208. The lowest BCUT2D eigenvalue weighted by Gasteiger charge is -2.07. The van der Waals surface area contributed by atoms with Crippen LogP contribution in [0, 0.1) is 0 Å². The fraction of sp³-hybridized carbons (Fsp3) is 0.333. The first-order valence-corrected chi connectivity index (χ1v) is 10.6. The summed E-state index contributed by atoms with van der Waals surface area (Å²) in [7, 11) is 0. The molecule has 3 heteroatoms. The molecule has 1 rings (SSSR count). The van der Waals surface area contributed by atoms with Gasteiger partial charge in [-0.15, -0.1) is 0 Å². The molecular weight excluding hydrogens is 366 g/mol. The molecule has 0 saturated carbocycles. The molecule has 0 amide bonds. The summed E-state index contributed by atoms with van der Waals surface area (Å²) in [6, 6.07) is 1.98. The van der Waals surface area contributed by atoms with Crippen LogP contribution in [-0.4, -0.2) is 16.5 Å². The van der Waals surface area contributed by atoms with Crippen LogP contribution in [-0.2, 0) is 0 Å². The minimum absolute atomic E-state index is 0.736. The van der Waals surface area contributed by atoms with Crippen LogP contribution in [0.1, 0.15) is 66.5 Å². The van der Waals surface area contributed by atoms with Gasteiger partial charge in [0.05, 0.1) is 5.69 Å². The van der Waals surface area contributed by atoms with Crippen molar-refractivity contribution in [2.24, 2.45) is 4.99 Å². The maximum Gasteiger partial charge on any atom is 0.154 e. The van der Waals surface area contributed by atoms with Gasteiger partial charge in [0.1, 0.15) is 0 Å². The number of aliphatic imine (C=N–C) groups is 1. The molecular formula is C27H37N3. The summed E-state index contributed by atoms with van der Waals surface area (Å²) in [5, 5.41) is 4.83. The Morgan fingerprint density at radius 2 is 1.93 bits per heavy atom. The zero-order valence-electron chi connectivity index (χ0n) is 19.6. The van der Waals surface area contributed by atoms with Crippen LogP contribution in [0.3, 0.4) is 0 Å². The molecule has 1 heterocycles. The number of hydrogen-bond donors (Lipinski definition) is 0. The minimum Gasteiger partial charge on any atom is -0.245 e. The van der Waals surface area contributed by atoms with Crippen LogP contribution in [0.2, 0.25) is 0 Å². The number of allylic oxidation sites excluding steroid dienone is 12.